The number of amides is 4. The molecule has 1 fully saturated rings. The van der Waals surface area contributed by atoms with Gasteiger partial charge in [0.15, 0.2) is 11.6 Å². The zero-order valence-corrected chi connectivity index (χ0v) is 22.3. The summed E-state index contributed by atoms with van der Waals surface area (Å²) in [7, 11) is 1.55. The summed E-state index contributed by atoms with van der Waals surface area (Å²) in [4.78, 5) is 34.7. The fourth-order valence-electron chi connectivity index (χ4n) is 3.87. The summed E-state index contributed by atoms with van der Waals surface area (Å²) < 4.78 is 40.9. The van der Waals surface area contributed by atoms with Gasteiger partial charge >= 0.3 is 12.1 Å². The first-order chi connectivity index (χ1) is 19.3. The summed E-state index contributed by atoms with van der Waals surface area (Å²) in [6.45, 7) is 1.01. The fraction of sp³-hybridized carbons (Fsp3) is 0.259. The molecule has 40 heavy (non-hydrogen) atoms. The van der Waals surface area contributed by atoms with Crippen molar-refractivity contribution in [3.8, 4) is 22.1 Å². The third kappa shape index (κ3) is 6.26. The van der Waals surface area contributed by atoms with Gasteiger partial charge in [0, 0.05) is 44.7 Å². The van der Waals surface area contributed by atoms with Crippen LogP contribution in [0.5, 0.6) is 11.5 Å². The van der Waals surface area contributed by atoms with Crippen molar-refractivity contribution in [1.29, 1.82) is 0 Å². The number of nitrogens with two attached hydrogens (primary N) is 1. The molecule has 1 aliphatic carbocycles. The van der Waals surface area contributed by atoms with E-state index in [4.69, 9.17) is 15.2 Å². The van der Waals surface area contributed by atoms with Gasteiger partial charge in [-0.2, -0.15) is 4.39 Å². The van der Waals surface area contributed by atoms with E-state index in [2.05, 4.69) is 20.6 Å². The number of methoxy groups -OCH3 is 1. The van der Waals surface area contributed by atoms with E-state index in [0.717, 1.165) is 23.3 Å². The number of ether oxygens (including phenoxy) is 2. The zero-order valence-electron chi connectivity index (χ0n) is 21.4. The standard InChI is InChI=1S/C27H26F2N6O4S/c1-38-11-10-35(26(30)36)14-15-2-5-17(32-13-15)22-12-19-25(40-22)21(8-9-31-19)39-20-7-6-18(23(28)24(20)29)34-27(37)33-16-3-4-16/h2,5-9,12-13,16H,3-4,10-11,14H2,1H3,(H2,30,36)(H2,33,34,37). The largest absolute Gasteiger partial charge is 0.453 e. The number of rotatable bonds is 10. The average molecular weight is 569 g/mol. The number of primary amides is 1. The minimum absolute atomic E-state index is 0.0757. The Labute approximate surface area is 232 Å². The third-order valence-corrected chi connectivity index (χ3v) is 7.29. The van der Waals surface area contributed by atoms with Crippen LogP contribution in [0.2, 0.25) is 0 Å². The van der Waals surface area contributed by atoms with Crippen molar-refractivity contribution in [2.75, 3.05) is 25.6 Å². The topological polar surface area (TPSA) is 132 Å². The molecule has 4 N–H and O–H groups in total. The highest BCUT2D eigenvalue weighted by Crippen LogP contribution is 2.39. The van der Waals surface area contributed by atoms with Gasteiger partial charge < -0.3 is 30.7 Å². The number of pyridine rings is 2. The van der Waals surface area contributed by atoms with Crippen LogP contribution in [-0.2, 0) is 11.3 Å². The summed E-state index contributed by atoms with van der Waals surface area (Å²) in [6.07, 6.45) is 4.91. The number of thiophene rings is 1. The van der Waals surface area contributed by atoms with E-state index in [0.29, 0.717) is 41.4 Å². The van der Waals surface area contributed by atoms with Crippen LogP contribution in [-0.4, -0.2) is 53.2 Å². The third-order valence-electron chi connectivity index (χ3n) is 6.13. The number of benzene rings is 1. The molecule has 3 heterocycles. The number of anilines is 1. The molecule has 0 spiro atoms. The van der Waals surface area contributed by atoms with Crippen molar-refractivity contribution in [2.45, 2.75) is 25.4 Å². The maximum Gasteiger partial charge on any atom is 0.319 e. The second kappa shape index (κ2) is 11.8. The zero-order chi connectivity index (χ0) is 28.2. The number of urea groups is 2. The molecule has 1 aromatic carbocycles. The molecule has 5 rings (SSSR count). The predicted octanol–water partition coefficient (Wildman–Crippen LogP) is 5.24. The quantitative estimate of drug-likeness (QED) is 0.240. The van der Waals surface area contributed by atoms with Crippen molar-refractivity contribution in [3.05, 3.63) is 66.0 Å². The van der Waals surface area contributed by atoms with Gasteiger partial charge in [0.2, 0.25) is 5.82 Å². The molecule has 4 aromatic rings. The predicted molar refractivity (Wildman–Crippen MR) is 146 cm³/mol. The van der Waals surface area contributed by atoms with Gasteiger partial charge in [-0.1, -0.05) is 6.07 Å². The lowest BCUT2D eigenvalue weighted by atomic mass is 10.2. The summed E-state index contributed by atoms with van der Waals surface area (Å²) in [5.74, 6) is -2.48. The van der Waals surface area contributed by atoms with Crippen molar-refractivity contribution in [1.82, 2.24) is 20.2 Å². The Morgan fingerprint density at radius 3 is 2.65 bits per heavy atom. The fourth-order valence-corrected chi connectivity index (χ4v) is 4.91. The number of hydrogen-bond donors (Lipinski definition) is 3. The maximum absolute atomic E-state index is 14.9. The second-order valence-electron chi connectivity index (χ2n) is 9.15. The molecule has 4 amide bonds. The van der Waals surface area contributed by atoms with Crippen LogP contribution in [0.15, 0.2) is 48.8 Å². The molecule has 10 nitrogen and oxygen atoms in total. The van der Waals surface area contributed by atoms with Crippen LogP contribution in [0.3, 0.4) is 0 Å². The number of fused-ring (bicyclic) bond motifs is 1. The van der Waals surface area contributed by atoms with E-state index < -0.39 is 23.7 Å². The first-order valence-electron chi connectivity index (χ1n) is 12.4. The molecule has 0 radical (unpaired) electrons. The normalized spacial score (nSPS) is 12.8. The molecule has 208 valence electrons. The molecule has 0 aliphatic heterocycles. The molecule has 3 aromatic heterocycles. The van der Waals surface area contributed by atoms with Crippen LogP contribution >= 0.6 is 11.3 Å². The Hall–Kier alpha value is -4.36. The monoisotopic (exact) mass is 568 g/mol. The van der Waals surface area contributed by atoms with E-state index in [-0.39, 0.29) is 17.5 Å². The van der Waals surface area contributed by atoms with Crippen LogP contribution in [0.4, 0.5) is 24.1 Å². The minimum atomic E-state index is -1.22. The van der Waals surface area contributed by atoms with Gasteiger partial charge in [0.05, 0.1) is 33.1 Å². The lowest BCUT2D eigenvalue weighted by Crippen LogP contribution is -2.37. The molecule has 0 unspecified atom stereocenters. The first kappa shape index (κ1) is 27.2. The molecule has 1 saturated carbocycles. The Morgan fingerprint density at radius 1 is 1.12 bits per heavy atom. The van der Waals surface area contributed by atoms with E-state index in [1.807, 2.05) is 18.2 Å². The summed E-state index contributed by atoms with van der Waals surface area (Å²) in [5.41, 5.74) is 7.22. The highest BCUT2D eigenvalue weighted by molar-refractivity contribution is 7.22. The highest BCUT2D eigenvalue weighted by atomic mass is 32.1. The molecular formula is C27H26F2N6O4S. The van der Waals surface area contributed by atoms with Crippen LogP contribution in [0.25, 0.3) is 20.8 Å². The van der Waals surface area contributed by atoms with Crippen molar-refractivity contribution >= 4 is 39.3 Å². The smallest absolute Gasteiger partial charge is 0.319 e. The molecule has 13 heteroatoms. The van der Waals surface area contributed by atoms with Gasteiger partial charge in [-0.15, -0.1) is 11.3 Å². The maximum atomic E-state index is 14.9. The van der Waals surface area contributed by atoms with E-state index in [9.17, 15) is 18.4 Å². The molecule has 0 atom stereocenters. The van der Waals surface area contributed by atoms with Crippen LogP contribution < -0.4 is 21.1 Å². The second-order valence-corrected chi connectivity index (χ2v) is 10.2. The SMILES string of the molecule is COCCN(Cc1ccc(-c2cc3nccc(Oc4ccc(NC(=O)NC5CC5)c(F)c4F)c3s2)nc1)C(N)=O. The number of nitrogens with one attached hydrogen (secondary N) is 2. The van der Waals surface area contributed by atoms with Crippen molar-refractivity contribution in [3.63, 3.8) is 0 Å². The van der Waals surface area contributed by atoms with Crippen LogP contribution in [0.1, 0.15) is 18.4 Å². The number of carbonyl (C=O) groups is 2. The first-order valence-corrected chi connectivity index (χ1v) is 13.2. The number of carbonyl (C=O) groups excluding carboxylic acids is 2. The van der Waals surface area contributed by atoms with E-state index >= 15 is 0 Å². The average Bonchev–Trinajstić information content (AvgIpc) is 3.64. The lowest BCUT2D eigenvalue weighted by Gasteiger charge is -2.19. The number of aromatic nitrogens is 2. The Balaban J connectivity index is 1.33. The van der Waals surface area contributed by atoms with E-state index in [1.165, 1.54) is 34.6 Å². The minimum Gasteiger partial charge on any atom is -0.453 e. The Morgan fingerprint density at radius 2 is 1.95 bits per heavy atom. The number of halogens is 2. The molecule has 1 aliphatic rings. The van der Waals surface area contributed by atoms with E-state index in [1.54, 1.807) is 19.4 Å². The van der Waals surface area contributed by atoms with Gasteiger partial charge in [0.25, 0.3) is 0 Å². The van der Waals surface area contributed by atoms with Gasteiger partial charge in [0.1, 0.15) is 5.75 Å². The number of nitrogens with zero attached hydrogens (tertiary/aromatic N) is 3. The Kier molecular flexibility index (Phi) is 8.03. The lowest BCUT2D eigenvalue weighted by molar-refractivity contribution is 0.151. The van der Waals surface area contributed by atoms with Gasteiger partial charge in [-0.3, -0.25) is 9.97 Å². The van der Waals surface area contributed by atoms with Gasteiger partial charge in [-0.05, 0) is 42.7 Å². The van der Waals surface area contributed by atoms with Crippen LogP contribution in [0, 0.1) is 11.6 Å². The summed E-state index contributed by atoms with van der Waals surface area (Å²) in [6, 6.07) is 8.49. The molecule has 0 bridgehead atoms. The summed E-state index contributed by atoms with van der Waals surface area (Å²) in [5, 5.41) is 4.98. The number of hydrogen-bond acceptors (Lipinski definition) is 7. The summed E-state index contributed by atoms with van der Waals surface area (Å²) >= 11 is 1.33. The molecular weight excluding hydrogens is 542 g/mol. The van der Waals surface area contributed by atoms with Gasteiger partial charge in [-0.25, -0.2) is 14.0 Å². The Bertz CT molecular complexity index is 1540. The highest BCUT2D eigenvalue weighted by Gasteiger charge is 2.24. The van der Waals surface area contributed by atoms with Crippen molar-refractivity contribution in [2.24, 2.45) is 5.73 Å². The molecule has 0 saturated heterocycles. The van der Waals surface area contributed by atoms with Crippen molar-refractivity contribution < 1.29 is 27.8 Å².